The molecule has 0 saturated heterocycles. The molecule has 1 aliphatic rings. The van der Waals surface area contributed by atoms with E-state index in [1.165, 1.54) is 25.0 Å². The molecule has 0 radical (unpaired) electrons. The first-order valence-corrected chi connectivity index (χ1v) is 7.56. The normalized spacial score (nSPS) is 15.0. The molecule has 1 unspecified atom stereocenters. The number of aryl methyl sites for hydroxylation is 1. The minimum absolute atomic E-state index is 0.0171. The molecular formula is C17H17FN4O. The molecule has 5 nitrogen and oxygen atoms in total. The molecule has 118 valence electrons. The highest BCUT2D eigenvalue weighted by Gasteiger charge is 2.31. The predicted molar refractivity (Wildman–Crippen MR) is 83.5 cm³/mol. The third kappa shape index (κ3) is 3.09. The zero-order chi connectivity index (χ0) is 16.6. The Labute approximate surface area is 133 Å². The lowest BCUT2D eigenvalue weighted by Gasteiger charge is -2.12. The number of nitrogens with one attached hydrogen (secondary N) is 1. The topological polar surface area (TPSA) is 70.7 Å². The van der Waals surface area contributed by atoms with Crippen molar-refractivity contribution in [2.45, 2.75) is 32.7 Å². The highest BCUT2D eigenvalue weighted by molar-refractivity contribution is 6.03. The summed E-state index contributed by atoms with van der Waals surface area (Å²) in [5, 5.41) is 15.7. The van der Waals surface area contributed by atoms with Gasteiger partial charge in [0, 0.05) is 5.69 Å². The minimum atomic E-state index is -0.583. The van der Waals surface area contributed by atoms with E-state index < -0.39 is 11.7 Å². The van der Waals surface area contributed by atoms with Gasteiger partial charge in [-0.2, -0.15) is 10.4 Å². The fraction of sp³-hybridized carbons (Fsp3) is 0.353. The Morgan fingerprint density at radius 3 is 2.87 bits per heavy atom. The summed E-state index contributed by atoms with van der Waals surface area (Å²) in [5.41, 5.74) is 1.42. The van der Waals surface area contributed by atoms with Crippen molar-refractivity contribution in [3.05, 3.63) is 47.0 Å². The average molecular weight is 312 g/mol. The Balaban J connectivity index is 1.81. The first-order chi connectivity index (χ1) is 11.0. The minimum Gasteiger partial charge on any atom is -0.318 e. The standard InChI is InChI=1S/C17H17FN4O/c1-10-7-16(21-22(10)11(2)13-4-5-13)17(23)20-15-8-12(9-19)3-6-14(15)18/h3,6-8,11,13H,4-5H2,1-2H3,(H,20,23). The highest BCUT2D eigenvalue weighted by Crippen LogP contribution is 2.39. The van der Waals surface area contributed by atoms with Gasteiger partial charge in [0.2, 0.25) is 0 Å². The number of rotatable bonds is 4. The maximum absolute atomic E-state index is 13.8. The van der Waals surface area contributed by atoms with Crippen LogP contribution in [0.15, 0.2) is 24.3 Å². The van der Waals surface area contributed by atoms with Crippen molar-refractivity contribution in [1.29, 1.82) is 5.26 Å². The summed E-state index contributed by atoms with van der Waals surface area (Å²) in [5.74, 6) is -0.446. The van der Waals surface area contributed by atoms with Gasteiger partial charge in [-0.05, 0) is 56.9 Å². The molecule has 1 aromatic heterocycles. The van der Waals surface area contributed by atoms with Crippen molar-refractivity contribution in [2.75, 3.05) is 5.32 Å². The van der Waals surface area contributed by atoms with Crippen LogP contribution in [0.2, 0.25) is 0 Å². The van der Waals surface area contributed by atoms with Gasteiger partial charge in [0.25, 0.3) is 5.91 Å². The summed E-state index contributed by atoms with van der Waals surface area (Å²) in [4.78, 5) is 12.3. The molecule has 0 bridgehead atoms. The van der Waals surface area contributed by atoms with Gasteiger partial charge in [-0.3, -0.25) is 9.48 Å². The SMILES string of the molecule is Cc1cc(C(=O)Nc2cc(C#N)ccc2F)nn1C(C)C1CC1. The van der Waals surface area contributed by atoms with Crippen LogP contribution in [0.1, 0.15) is 47.6 Å². The van der Waals surface area contributed by atoms with Crippen molar-refractivity contribution in [3.63, 3.8) is 0 Å². The molecule has 3 rings (SSSR count). The number of amides is 1. The maximum atomic E-state index is 13.8. The molecule has 1 saturated carbocycles. The van der Waals surface area contributed by atoms with E-state index in [2.05, 4.69) is 17.3 Å². The van der Waals surface area contributed by atoms with Crippen LogP contribution in [0.5, 0.6) is 0 Å². The van der Waals surface area contributed by atoms with Gasteiger partial charge < -0.3 is 5.32 Å². The fourth-order valence-electron chi connectivity index (χ4n) is 2.67. The van der Waals surface area contributed by atoms with E-state index in [1.807, 2.05) is 17.7 Å². The van der Waals surface area contributed by atoms with Crippen LogP contribution in [0, 0.1) is 30.0 Å². The first-order valence-electron chi connectivity index (χ1n) is 7.56. The Hall–Kier alpha value is -2.68. The van der Waals surface area contributed by atoms with Crippen LogP contribution in [-0.2, 0) is 0 Å². The van der Waals surface area contributed by atoms with Gasteiger partial charge >= 0.3 is 0 Å². The molecular weight excluding hydrogens is 295 g/mol. The molecule has 2 aromatic rings. The second kappa shape index (κ2) is 5.84. The lowest BCUT2D eigenvalue weighted by Crippen LogP contribution is -2.16. The monoisotopic (exact) mass is 312 g/mol. The van der Waals surface area contributed by atoms with Crippen LogP contribution in [-0.4, -0.2) is 15.7 Å². The molecule has 6 heteroatoms. The molecule has 1 fully saturated rings. The van der Waals surface area contributed by atoms with E-state index in [4.69, 9.17) is 5.26 Å². The summed E-state index contributed by atoms with van der Waals surface area (Å²) in [7, 11) is 0. The molecule has 1 aliphatic carbocycles. The van der Waals surface area contributed by atoms with E-state index >= 15 is 0 Å². The fourth-order valence-corrected chi connectivity index (χ4v) is 2.67. The van der Waals surface area contributed by atoms with E-state index in [0.29, 0.717) is 5.92 Å². The molecule has 1 atom stereocenters. The summed E-state index contributed by atoms with van der Waals surface area (Å²) >= 11 is 0. The summed E-state index contributed by atoms with van der Waals surface area (Å²) in [6, 6.07) is 7.70. The number of halogens is 1. The van der Waals surface area contributed by atoms with E-state index in [0.717, 1.165) is 11.8 Å². The van der Waals surface area contributed by atoms with Gasteiger partial charge in [-0.25, -0.2) is 4.39 Å². The number of anilines is 1. The smallest absolute Gasteiger partial charge is 0.276 e. The van der Waals surface area contributed by atoms with Gasteiger partial charge in [0.1, 0.15) is 5.82 Å². The number of nitriles is 1. The molecule has 23 heavy (non-hydrogen) atoms. The van der Waals surface area contributed by atoms with Crippen LogP contribution < -0.4 is 5.32 Å². The quantitative estimate of drug-likeness (QED) is 0.940. The molecule has 1 amide bonds. The van der Waals surface area contributed by atoms with Crippen LogP contribution in [0.4, 0.5) is 10.1 Å². The number of carbonyl (C=O) groups is 1. The molecule has 1 N–H and O–H groups in total. The highest BCUT2D eigenvalue weighted by atomic mass is 19.1. The average Bonchev–Trinajstić information content (AvgIpc) is 3.31. The lowest BCUT2D eigenvalue weighted by molar-refractivity contribution is 0.102. The van der Waals surface area contributed by atoms with Gasteiger partial charge in [0.15, 0.2) is 5.69 Å². The number of benzene rings is 1. The number of hydrogen-bond donors (Lipinski definition) is 1. The Morgan fingerprint density at radius 1 is 1.48 bits per heavy atom. The maximum Gasteiger partial charge on any atom is 0.276 e. The summed E-state index contributed by atoms with van der Waals surface area (Å²) in [6.45, 7) is 3.99. The van der Waals surface area contributed by atoms with Crippen molar-refractivity contribution in [3.8, 4) is 6.07 Å². The van der Waals surface area contributed by atoms with Gasteiger partial charge in [-0.1, -0.05) is 0 Å². The second-order valence-corrected chi connectivity index (χ2v) is 5.95. The van der Waals surface area contributed by atoms with Gasteiger partial charge in [0.05, 0.1) is 23.4 Å². The number of nitrogens with zero attached hydrogens (tertiary/aromatic N) is 3. The number of carbonyl (C=O) groups excluding carboxylic acids is 1. The second-order valence-electron chi connectivity index (χ2n) is 5.95. The first kappa shape index (κ1) is 15.2. The summed E-state index contributed by atoms with van der Waals surface area (Å²) in [6.07, 6.45) is 2.38. The Kier molecular flexibility index (Phi) is 3.87. The zero-order valence-corrected chi connectivity index (χ0v) is 13.0. The predicted octanol–water partition coefficient (Wildman–Crippen LogP) is 3.43. The largest absolute Gasteiger partial charge is 0.318 e. The van der Waals surface area contributed by atoms with E-state index in [9.17, 15) is 9.18 Å². The number of aromatic nitrogens is 2. The lowest BCUT2D eigenvalue weighted by atomic mass is 10.2. The number of hydrogen-bond acceptors (Lipinski definition) is 3. The third-order valence-corrected chi connectivity index (χ3v) is 4.19. The zero-order valence-electron chi connectivity index (χ0n) is 13.0. The third-order valence-electron chi connectivity index (χ3n) is 4.19. The Morgan fingerprint density at radius 2 is 2.22 bits per heavy atom. The van der Waals surface area contributed by atoms with Crippen molar-refractivity contribution in [2.24, 2.45) is 5.92 Å². The van der Waals surface area contributed by atoms with Crippen LogP contribution >= 0.6 is 0 Å². The Bertz CT molecular complexity index is 801. The van der Waals surface area contributed by atoms with Crippen molar-refractivity contribution < 1.29 is 9.18 Å². The van der Waals surface area contributed by atoms with E-state index in [-0.39, 0.29) is 23.0 Å². The van der Waals surface area contributed by atoms with E-state index in [1.54, 1.807) is 6.07 Å². The molecule has 1 aromatic carbocycles. The molecule has 0 aliphatic heterocycles. The summed E-state index contributed by atoms with van der Waals surface area (Å²) < 4.78 is 15.6. The van der Waals surface area contributed by atoms with Crippen LogP contribution in [0.25, 0.3) is 0 Å². The molecule has 1 heterocycles. The van der Waals surface area contributed by atoms with Crippen molar-refractivity contribution in [1.82, 2.24) is 9.78 Å². The molecule has 0 spiro atoms. The van der Waals surface area contributed by atoms with Crippen LogP contribution in [0.3, 0.4) is 0 Å². The van der Waals surface area contributed by atoms with Crippen molar-refractivity contribution >= 4 is 11.6 Å². The van der Waals surface area contributed by atoms with Gasteiger partial charge in [-0.15, -0.1) is 0 Å².